The Morgan fingerprint density at radius 3 is 1.90 bits per heavy atom. The maximum atomic E-state index is 8.71. The molecule has 0 radical (unpaired) electrons. The lowest BCUT2D eigenvalue weighted by atomic mass is 10.2. The number of ether oxygens (including phenoxy) is 1. The molecule has 1 N–H and O–H groups in total. The van der Waals surface area contributed by atoms with E-state index in [9.17, 15) is 0 Å². The van der Waals surface area contributed by atoms with Gasteiger partial charge in [-0.3, -0.25) is 0 Å². The Bertz CT molecular complexity index is 556. The number of halogens is 2. The number of rotatable bonds is 5. The van der Waals surface area contributed by atoms with E-state index in [0.717, 1.165) is 9.13 Å². The zero-order valence-electron chi connectivity index (χ0n) is 11.6. The van der Waals surface area contributed by atoms with Crippen molar-refractivity contribution in [2.75, 3.05) is 6.61 Å². The van der Waals surface area contributed by atoms with E-state index in [1.165, 1.54) is 9.13 Å². The second kappa shape index (κ2) is 11.2. The highest BCUT2D eigenvalue weighted by Gasteiger charge is 1.96. The molecule has 4 heteroatoms. The Morgan fingerprint density at radius 2 is 1.48 bits per heavy atom. The first-order chi connectivity index (χ1) is 10.2. The number of aliphatic hydroxyl groups is 1. The number of benzene rings is 2. The monoisotopic (exact) mass is 508 g/mol. The molecule has 2 aromatic rings. The van der Waals surface area contributed by atoms with Gasteiger partial charge < -0.3 is 9.84 Å². The van der Waals surface area contributed by atoms with E-state index in [-0.39, 0.29) is 6.61 Å². The molecule has 21 heavy (non-hydrogen) atoms. The fraction of sp³-hybridized carbons (Fsp3) is 0.176. The van der Waals surface area contributed by atoms with Crippen LogP contribution in [-0.4, -0.2) is 11.7 Å². The quantitative estimate of drug-likeness (QED) is 0.358. The average molecular weight is 508 g/mol. The molecule has 2 rings (SSSR count). The van der Waals surface area contributed by atoms with Gasteiger partial charge >= 0.3 is 0 Å². The van der Waals surface area contributed by atoms with Gasteiger partial charge in [0.2, 0.25) is 0 Å². The molecular weight excluding hydrogens is 490 g/mol. The van der Waals surface area contributed by atoms with Gasteiger partial charge in [-0.15, -0.1) is 6.58 Å². The molecular formula is C17H18I2O2. The zero-order chi connectivity index (χ0) is 15.5. The van der Waals surface area contributed by atoms with Crippen LogP contribution < -0.4 is 0 Å². The molecule has 0 fully saturated rings. The molecule has 0 unspecified atom stereocenters. The fourth-order valence-corrected chi connectivity index (χ4v) is 2.60. The minimum Gasteiger partial charge on any atom is -0.392 e. The summed E-state index contributed by atoms with van der Waals surface area (Å²) in [4.78, 5) is 0. The predicted molar refractivity (Wildman–Crippen MR) is 104 cm³/mol. The van der Waals surface area contributed by atoms with Gasteiger partial charge in [0.25, 0.3) is 0 Å². The summed E-state index contributed by atoms with van der Waals surface area (Å²) in [5.74, 6) is 0. The Hall–Kier alpha value is -0.440. The summed E-state index contributed by atoms with van der Waals surface area (Å²) in [5, 5.41) is 8.71. The van der Waals surface area contributed by atoms with E-state index in [2.05, 4.69) is 63.9 Å². The largest absolute Gasteiger partial charge is 0.392 e. The molecule has 0 atom stereocenters. The summed E-state index contributed by atoms with van der Waals surface area (Å²) in [7, 11) is 0. The maximum absolute atomic E-state index is 8.71. The van der Waals surface area contributed by atoms with Crippen molar-refractivity contribution in [3.63, 3.8) is 0 Å². The van der Waals surface area contributed by atoms with Gasteiger partial charge in [0.15, 0.2) is 0 Å². The summed E-state index contributed by atoms with van der Waals surface area (Å²) in [6.07, 6.45) is 1.76. The van der Waals surface area contributed by atoms with Crippen molar-refractivity contribution in [3.8, 4) is 0 Å². The molecule has 0 aliphatic rings. The van der Waals surface area contributed by atoms with Gasteiger partial charge in [0.05, 0.1) is 19.8 Å². The van der Waals surface area contributed by atoms with Crippen LogP contribution >= 0.6 is 45.2 Å². The number of aliphatic hydroxyl groups excluding tert-OH is 1. The molecule has 0 saturated heterocycles. The lowest BCUT2D eigenvalue weighted by Gasteiger charge is -2.03. The Kier molecular flexibility index (Phi) is 9.90. The van der Waals surface area contributed by atoms with Crippen molar-refractivity contribution in [2.24, 2.45) is 0 Å². The van der Waals surface area contributed by atoms with Crippen molar-refractivity contribution >= 4 is 45.2 Å². The van der Waals surface area contributed by atoms with Crippen LogP contribution in [0.3, 0.4) is 0 Å². The van der Waals surface area contributed by atoms with E-state index in [1.54, 1.807) is 6.08 Å². The average Bonchev–Trinajstić information content (AvgIpc) is 2.51. The predicted octanol–water partition coefficient (Wildman–Crippen LogP) is 4.78. The second-order valence-electron chi connectivity index (χ2n) is 4.14. The first kappa shape index (κ1) is 18.6. The highest BCUT2D eigenvalue weighted by Crippen LogP contribution is 2.12. The molecule has 112 valence electrons. The van der Waals surface area contributed by atoms with E-state index in [0.29, 0.717) is 13.2 Å². The summed E-state index contributed by atoms with van der Waals surface area (Å²) in [5.41, 5.74) is 2.23. The lowest BCUT2D eigenvalue weighted by Crippen LogP contribution is -1.94. The topological polar surface area (TPSA) is 29.5 Å². The van der Waals surface area contributed by atoms with Crippen LogP contribution in [0.4, 0.5) is 0 Å². The third-order valence-corrected chi connectivity index (χ3v) is 4.68. The van der Waals surface area contributed by atoms with Crippen LogP contribution in [0, 0.1) is 7.14 Å². The number of hydrogen-bond acceptors (Lipinski definition) is 2. The van der Waals surface area contributed by atoms with Gasteiger partial charge in [-0.2, -0.15) is 0 Å². The molecule has 0 heterocycles. The third-order valence-electron chi connectivity index (χ3n) is 2.58. The molecule has 0 saturated carbocycles. The van der Waals surface area contributed by atoms with Gasteiger partial charge in [0.1, 0.15) is 0 Å². The van der Waals surface area contributed by atoms with Crippen LogP contribution in [0.15, 0.2) is 61.2 Å². The molecule has 0 bridgehead atoms. The van der Waals surface area contributed by atoms with Gasteiger partial charge in [-0.05, 0) is 68.4 Å². The first-order valence-electron chi connectivity index (χ1n) is 6.45. The summed E-state index contributed by atoms with van der Waals surface area (Å²) < 4.78 is 7.70. The SMILES string of the molecule is C=CCOCc1ccccc1I.OCc1ccccc1I. The Morgan fingerprint density at radius 1 is 0.952 bits per heavy atom. The van der Waals surface area contributed by atoms with Crippen molar-refractivity contribution in [1.29, 1.82) is 0 Å². The van der Waals surface area contributed by atoms with Crippen molar-refractivity contribution in [3.05, 3.63) is 79.5 Å². The molecule has 0 spiro atoms. The number of hydrogen-bond donors (Lipinski definition) is 1. The molecule has 0 aliphatic carbocycles. The molecule has 0 aliphatic heterocycles. The molecule has 2 nitrogen and oxygen atoms in total. The highest BCUT2D eigenvalue weighted by molar-refractivity contribution is 14.1. The van der Waals surface area contributed by atoms with E-state index < -0.39 is 0 Å². The highest BCUT2D eigenvalue weighted by atomic mass is 127. The summed E-state index contributed by atoms with van der Waals surface area (Å²) >= 11 is 4.51. The van der Waals surface area contributed by atoms with Crippen molar-refractivity contribution in [2.45, 2.75) is 13.2 Å². The first-order valence-corrected chi connectivity index (χ1v) is 8.61. The maximum Gasteiger partial charge on any atom is 0.0731 e. The standard InChI is InChI=1S/C10H11IO.C7H7IO/c1-2-7-12-8-9-5-3-4-6-10(9)11;8-7-4-2-1-3-6(7)5-9/h2-6H,1,7-8H2;1-4,9H,5H2. The van der Waals surface area contributed by atoms with Crippen LogP contribution in [0.1, 0.15) is 11.1 Å². The molecule has 0 aromatic heterocycles. The molecule has 0 amide bonds. The zero-order valence-corrected chi connectivity index (χ0v) is 16.0. The van der Waals surface area contributed by atoms with Crippen LogP contribution in [0.25, 0.3) is 0 Å². The third kappa shape index (κ3) is 7.39. The Labute approximate surface area is 153 Å². The Balaban J connectivity index is 0.000000219. The second-order valence-corrected chi connectivity index (χ2v) is 6.47. The minimum absolute atomic E-state index is 0.138. The smallest absolute Gasteiger partial charge is 0.0731 e. The normalized spacial score (nSPS) is 9.67. The summed E-state index contributed by atoms with van der Waals surface area (Å²) in [6, 6.07) is 16.0. The van der Waals surface area contributed by atoms with Crippen LogP contribution in [0.2, 0.25) is 0 Å². The minimum atomic E-state index is 0.138. The van der Waals surface area contributed by atoms with E-state index >= 15 is 0 Å². The lowest BCUT2D eigenvalue weighted by molar-refractivity contribution is 0.148. The van der Waals surface area contributed by atoms with Crippen molar-refractivity contribution in [1.82, 2.24) is 0 Å². The van der Waals surface area contributed by atoms with E-state index in [1.807, 2.05) is 36.4 Å². The van der Waals surface area contributed by atoms with Gasteiger partial charge in [0, 0.05) is 7.14 Å². The van der Waals surface area contributed by atoms with E-state index in [4.69, 9.17) is 9.84 Å². The van der Waals surface area contributed by atoms with Gasteiger partial charge in [-0.25, -0.2) is 0 Å². The van der Waals surface area contributed by atoms with Gasteiger partial charge in [-0.1, -0.05) is 42.5 Å². The van der Waals surface area contributed by atoms with Crippen molar-refractivity contribution < 1.29 is 9.84 Å². The summed E-state index contributed by atoms with van der Waals surface area (Å²) in [6.45, 7) is 5.01. The van der Waals surface area contributed by atoms with Crippen LogP contribution in [0.5, 0.6) is 0 Å². The fourth-order valence-electron chi connectivity index (χ4n) is 1.49. The van der Waals surface area contributed by atoms with Crippen LogP contribution in [-0.2, 0) is 18.0 Å². The molecule has 2 aromatic carbocycles.